The fraction of sp³-hybridized carbons (Fsp3) is 0.444. The van der Waals surface area contributed by atoms with Crippen molar-refractivity contribution in [1.82, 2.24) is 0 Å². The fourth-order valence-electron chi connectivity index (χ4n) is 1.67. The standard InChI is InChI=1S/C18H28OSi/c1-7-11-17(19-20(5,6)18(2,3)4)15-14-16-12-9-8-10-13-16/h7-10,12-15,17H,1,11H2,2-6H3/b15-14+/t17-/m0/s1. The lowest BCUT2D eigenvalue weighted by atomic mass is 10.1. The van der Waals surface area contributed by atoms with E-state index in [1.807, 2.05) is 12.1 Å². The smallest absolute Gasteiger partial charge is 0.192 e. The van der Waals surface area contributed by atoms with E-state index in [1.54, 1.807) is 0 Å². The van der Waals surface area contributed by atoms with Gasteiger partial charge in [-0.2, -0.15) is 0 Å². The second-order valence-corrected chi connectivity index (χ2v) is 11.5. The van der Waals surface area contributed by atoms with Crippen LogP contribution in [0.15, 0.2) is 49.1 Å². The zero-order valence-electron chi connectivity index (χ0n) is 13.5. The van der Waals surface area contributed by atoms with Crippen LogP contribution in [-0.4, -0.2) is 14.4 Å². The van der Waals surface area contributed by atoms with Gasteiger partial charge in [-0.05, 0) is 30.1 Å². The average molecular weight is 289 g/mol. The summed E-state index contributed by atoms with van der Waals surface area (Å²) in [5.74, 6) is 0. The molecule has 1 nitrogen and oxygen atoms in total. The van der Waals surface area contributed by atoms with E-state index in [1.165, 1.54) is 5.56 Å². The van der Waals surface area contributed by atoms with Crippen molar-refractivity contribution >= 4 is 14.4 Å². The molecule has 1 aromatic carbocycles. The largest absolute Gasteiger partial charge is 0.410 e. The predicted molar refractivity (Wildman–Crippen MR) is 92.4 cm³/mol. The molecule has 0 aliphatic heterocycles. The maximum absolute atomic E-state index is 6.45. The maximum Gasteiger partial charge on any atom is 0.192 e. The summed E-state index contributed by atoms with van der Waals surface area (Å²) in [7, 11) is -1.74. The minimum absolute atomic E-state index is 0.119. The first-order valence-electron chi connectivity index (χ1n) is 7.28. The molecule has 0 spiro atoms. The van der Waals surface area contributed by atoms with Gasteiger partial charge < -0.3 is 4.43 Å². The molecule has 0 heterocycles. The highest BCUT2D eigenvalue weighted by Gasteiger charge is 2.38. The summed E-state index contributed by atoms with van der Waals surface area (Å²) in [5, 5.41) is 0.229. The lowest BCUT2D eigenvalue weighted by molar-refractivity contribution is 0.229. The molecule has 0 unspecified atom stereocenters. The second kappa shape index (κ2) is 7.05. The summed E-state index contributed by atoms with van der Waals surface area (Å²) >= 11 is 0. The monoisotopic (exact) mass is 288 g/mol. The van der Waals surface area contributed by atoms with E-state index in [0.717, 1.165) is 6.42 Å². The van der Waals surface area contributed by atoms with Crippen LogP contribution in [0, 0.1) is 0 Å². The highest BCUT2D eigenvalue weighted by molar-refractivity contribution is 6.74. The van der Waals surface area contributed by atoms with Gasteiger partial charge in [0.1, 0.15) is 0 Å². The molecule has 0 amide bonds. The molecule has 0 fully saturated rings. The third kappa shape index (κ3) is 5.10. The first-order valence-corrected chi connectivity index (χ1v) is 10.2. The van der Waals surface area contributed by atoms with Crippen LogP contribution in [0.1, 0.15) is 32.8 Å². The molecule has 1 rings (SSSR count). The molecule has 0 bridgehead atoms. The van der Waals surface area contributed by atoms with Gasteiger partial charge in [-0.1, -0.05) is 69.3 Å². The Balaban J connectivity index is 2.80. The van der Waals surface area contributed by atoms with E-state index in [9.17, 15) is 0 Å². The third-order valence-electron chi connectivity index (χ3n) is 3.95. The van der Waals surface area contributed by atoms with E-state index in [4.69, 9.17) is 4.43 Å². The van der Waals surface area contributed by atoms with Crippen LogP contribution >= 0.6 is 0 Å². The molecule has 1 atom stereocenters. The molecule has 0 saturated heterocycles. The molecular formula is C18H28OSi. The Morgan fingerprint density at radius 2 is 1.80 bits per heavy atom. The Kier molecular flexibility index (Phi) is 5.97. The zero-order valence-corrected chi connectivity index (χ0v) is 14.5. The predicted octanol–water partition coefficient (Wildman–Crippen LogP) is 5.67. The first-order chi connectivity index (χ1) is 9.26. The highest BCUT2D eigenvalue weighted by Crippen LogP contribution is 2.37. The van der Waals surface area contributed by atoms with Gasteiger partial charge in [-0.15, -0.1) is 6.58 Å². The Morgan fingerprint density at radius 3 is 2.30 bits per heavy atom. The van der Waals surface area contributed by atoms with Crippen LogP contribution < -0.4 is 0 Å². The van der Waals surface area contributed by atoms with Crippen molar-refractivity contribution in [3.63, 3.8) is 0 Å². The minimum Gasteiger partial charge on any atom is -0.410 e. The summed E-state index contributed by atoms with van der Waals surface area (Å²) in [5.41, 5.74) is 1.21. The van der Waals surface area contributed by atoms with Gasteiger partial charge in [0.25, 0.3) is 0 Å². The van der Waals surface area contributed by atoms with Crippen molar-refractivity contribution in [3.8, 4) is 0 Å². The van der Waals surface area contributed by atoms with Crippen LogP contribution in [-0.2, 0) is 4.43 Å². The third-order valence-corrected chi connectivity index (χ3v) is 8.46. The van der Waals surface area contributed by atoms with Crippen molar-refractivity contribution in [2.75, 3.05) is 0 Å². The number of hydrogen-bond acceptors (Lipinski definition) is 1. The molecule has 2 heteroatoms. The Morgan fingerprint density at radius 1 is 1.20 bits per heavy atom. The van der Waals surface area contributed by atoms with E-state index in [-0.39, 0.29) is 11.1 Å². The second-order valence-electron chi connectivity index (χ2n) is 6.71. The summed E-state index contributed by atoms with van der Waals surface area (Å²) < 4.78 is 6.45. The van der Waals surface area contributed by atoms with Gasteiger partial charge in [0, 0.05) is 0 Å². The van der Waals surface area contributed by atoms with Gasteiger partial charge in [-0.25, -0.2) is 0 Å². The highest BCUT2D eigenvalue weighted by atomic mass is 28.4. The Labute approximate surface area is 125 Å². The first kappa shape index (κ1) is 16.9. The average Bonchev–Trinajstić information content (AvgIpc) is 2.36. The summed E-state index contributed by atoms with van der Waals surface area (Å²) in [6.07, 6.45) is 7.22. The van der Waals surface area contributed by atoms with Gasteiger partial charge in [0.2, 0.25) is 0 Å². The number of hydrogen-bond donors (Lipinski definition) is 0. The number of benzene rings is 1. The topological polar surface area (TPSA) is 9.23 Å². The molecule has 20 heavy (non-hydrogen) atoms. The quantitative estimate of drug-likeness (QED) is 0.484. The van der Waals surface area contributed by atoms with Crippen LogP contribution in [0.25, 0.3) is 6.08 Å². The Bertz CT molecular complexity index is 440. The Hall–Kier alpha value is -1.12. The van der Waals surface area contributed by atoms with Crippen LogP contribution in [0.4, 0.5) is 0 Å². The molecule has 0 aromatic heterocycles. The molecule has 1 aromatic rings. The van der Waals surface area contributed by atoms with Crippen LogP contribution in [0.3, 0.4) is 0 Å². The SMILES string of the molecule is C=CC[C@@H](/C=C/c1ccccc1)O[Si](C)(C)C(C)(C)C. The lowest BCUT2D eigenvalue weighted by Gasteiger charge is -2.38. The minimum atomic E-state index is -1.74. The van der Waals surface area contributed by atoms with Crippen molar-refractivity contribution < 1.29 is 4.43 Å². The molecule has 0 radical (unpaired) electrons. The molecule has 0 N–H and O–H groups in total. The van der Waals surface area contributed by atoms with Crippen LogP contribution in [0.5, 0.6) is 0 Å². The van der Waals surface area contributed by atoms with E-state index in [0.29, 0.717) is 0 Å². The van der Waals surface area contributed by atoms with E-state index < -0.39 is 8.32 Å². The van der Waals surface area contributed by atoms with Crippen molar-refractivity contribution in [3.05, 3.63) is 54.6 Å². The zero-order chi connectivity index (χ0) is 15.2. The van der Waals surface area contributed by atoms with Gasteiger partial charge >= 0.3 is 0 Å². The van der Waals surface area contributed by atoms with Crippen molar-refractivity contribution in [2.24, 2.45) is 0 Å². The van der Waals surface area contributed by atoms with Gasteiger partial charge in [0.05, 0.1) is 6.10 Å². The summed E-state index contributed by atoms with van der Waals surface area (Å²) in [6, 6.07) is 10.3. The molecule has 0 aliphatic carbocycles. The number of rotatable bonds is 6. The fourth-order valence-corrected chi connectivity index (χ4v) is 2.95. The summed E-state index contributed by atoms with van der Waals surface area (Å²) in [6.45, 7) is 15.2. The molecule has 0 saturated carbocycles. The van der Waals surface area contributed by atoms with Gasteiger partial charge in [-0.3, -0.25) is 0 Å². The van der Waals surface area contributed by atoms with Crippen molar-refractivity contribution in [2.45, 2.75) is 51.4 Å². The van der Waals surface area contributed by atoms with E-state index in [2.05, 4.69) is 76.9 Å². The summed E-state index contributed by atoms with van der Waals surface area (Å²) in [4.78, 5) is 0. The lowest BCUT2D eigenvalue weighted by Crippen LogP contribution is -2.43. The van der Waals surface area contributed by atoms with Crippen LogP contribution in [0.2, 0.25) is 18.1 Å². The molecule has 0 aliphatic rings. The molecule has 110 valence electrons. The van der Waals surface area contributed by atoms with Crippen molar-refractivity contribution in [1.29, 1.82) is 0 Å². The maximum atomic E-state index is 6.45. The molecular weight excluding hydrogens is 260 g/mol. The van der Waals surface area contributed by atoms with Gasteiger partial charge in [0.15, 0.2) is 8.32 Å². The normalized spacial score (nSPS) is 14.4. The van der Waals surface area contributed by atoms with E-state index >= 15 is 0 Å².